The maximum Gasteiger partial charge on any atom is 0.137 e. The van der Waals surface area contributed by atoms with Gasteiger partial charge in [0, 0.05) is 16.5 Å². The third kappa shape index (κ3) is 5.04. The number of anilines is 3. The Balaban J connectivity index is 1.20. The summed E-state index contributed by atoms with van der Waals surface area (Å²) in [5, 5.41) is 7.14. The van der Waals surface area contributed by atoms with Gasteiger partial charge in [-0.2, -0.15) is 0 Å². The Labute approximate surface area is 302 Å². The Bertz CT molecular complexity index is 2910. The molecule has 0 N–H and O–H groups in total. The van der Waals surface area contributed by atoms with Gasteiger partial charge >= 0.3 is 0 Å². The molecule has 1 heterocycles. The fourth-order valence-corrected chi connectivity index (χ4v) is 7.82. The molecular weight excluding hydrogens is 631 g/mol. The minimum absolute atomic E-state index is 0.865. The Morgan fingerprint density at radius 3 is 1.60 bits per heavy atom. The molecule has 0 spiro atoms. The Hall–Kier alpha value is -6.90. The number of hydrogen-bond acceptors (Lipinski definition) is 2. The standard InChI is InChI=1S/C50H33NO/c1-2-15-38-33-39(32-27-34(38)13-1)43-19-6-9-23-46(43)51(47-24-12-26-49-50(47)44-20-7-10-25-48(44)52-49)45-22-8-5-18-42(45)37-30-28-36(29-31-37)41-21-11-16-35-14-3-4-17-40(35)41/h1-33H. The van der Waals surface area contributed by atoms with E-state index in [1.807, 2.05) is 6.07 Å². The van der Waals surface area contributed by atoms with Crippen molar-refractivity contribution in [3.8, 4) is 33.4 Å². The van der Waals surface area contributed by atoms with Gasteiger partial charge in [-0.15, -0.1) is 0 Å². The van der Waals surface area contributed by atoms with Crippen LogP contribution in [0.4, 0.5) is 17.1 Å². The van der Waals surface area contributed by atoms with Gasteiger partial charge in [0.15, 0.2) is 0 Å². The van der Waals surface area contributed by atoms with E-state index in [-0.39, 0.29) is 0 Å². The fourth-order valence-electron chi connectivity index (χ4n) is 7.82. The van der Waals surface area contributed by atoms with Gasteiger partial charge in [-0.1, -0.05) is 164 Å². The number of para-hydroxylation sites is 3. The zero-order chi connectivity index (χ0) is 34.4. The zero-order valence-corrected chi connectivity index (χ0v) is 28.4. The summed E-state index contributed by atoms with van der Waals surface area (Å²) in [5.41, 5.74) is 12.0. The third-order valence-corrected chi connectivity index (χ3v) is 10.3. The minimum Gasteiger partial charge on any atom is -0.456 e. The number of hydrogen-bond donors (Lipinski definition) is 0. The van der Waals surface area contributed by atoms with Crippen molar-refractivity contribution in [1.29, 1.82) is 0 Å². The minimum atomic E-state index is 0.865. The van der Waals surface area contributed by atoms with Crippen LogP contribution in [0.1, 0.15) is 0 Å². The van der Waals surface area contributed by atoms with E-state index in [9.17, 15) is 0 Å². The average Bonchev–Trinajstić information content (AvgIpc) is 3.61. The first-order valence-electron chi connectivity index (χ1n) is 17.8. The van der Waals surface area contributed by atoms with Crippen molar-refractivity contribution in [3.63, 3.8) is 0 Å². The highest BCUT2D eigenvalue weighted by Crippen LogP contribution is 2.48. The lowest BCUT2D eigenvalue weighted by Crippen LogP contribution is -2.12. The molecule has 0 radical (unpaired) electrons. The van der Waals surface area contributed by atoms with Gasteiger partial charge in [0.1, 0.15) is 11.2 Å². The van der Waals surface area contributed by atoms with Gasteiger partial charge in [-0.25, -0.2) is 0 Å². The number of benzene rings is 9. The van der Waals surface area contributed by atoms with Crippen LogP contribution in [0.15, 0.2) is 205 Å². The molecule has 0 aliphatic carbocycles. The van der Waals surface area contributed by atoms with Gasteiger partial charge in [0.25, 0.3) is 0 Å². The van der Waals surface area contributed by atoms with Gasteiger partial charge in [0.2, 0.25) is 0 Å². The van der Waals surface area contributed by atoms with E-state index < -0.39 is 0 Å². The summed E-state index contributed by atoms with van der Waals surface area (Å²) in [5.74, 6) is 0. The van der Waals surface area contributed by atoms with Crippen LogP contribution in [0.5, 0.6) is 0 Å². The first-order valence-corrected chi connectivity index (χ1v) is 17.8. The molecule has 0 bridgehead atoms. The van der Waals surface area contributed by atoms with Crippen LogP contribution in [-0.4, -0.2) is 0 Å². The van der Waals surface area contributed by atoms with Crippen molar-refractivity contribution in [1.82, 2.24) is 0 Å². The molecule has 1 aromatic heterocycles. The van der Waals surface area contributed by atoms with E-state index in [0.29, 0.717) is 0 Å². The first kappa shape index (κ1) is 30.0. The molecule has 10 rings (SSSR count). The molecule has 2 heteroatoms. The van der Waals surface area contributed by atoms with Crippen LogP contribution < -0.4 is 4.90 Å². The Morgan fingerprint density at radius 1 is 0.308 bits per heavy atom. The number of nitrogens with zero attached hydrogens (tertiary/aromatic N) is 1. The number of fused-ring (bicyclic) bond motifs is 5. The molecule has 2 nitrogen and oxygen atoms in total. The second-order valence-electron chi connectivity index (χ2n) is 13.3. The second kappa shape index (κ2) is 12.5. The topological polar surface area (TPSA) is 16.4 Å². The van der Waals surface area contributed by atoms with E-state index >= 15 is 0 Å². The first-order chi connectivity index (χ1) is 25.8. The van der Waals surface area contributed by atoms with Gasteiger partial charge in [0.05, 0.1) is 22.4 Å². The van der Waals surface area contributed by atoms with E-state index in [4.69, 9.17) is 4.42 Å². The van der Waals surface area contributed by atoms with Crippen LogP contribution in [0.3, 0.4) is 0 Å². The number of furan rings is 1. The van der Waals surface area contributed by atoms with E-state index in [1.165, 1.54) is 38.2 Å². The van der Waals surface area contributed by atoms with Crippen molar-refractivity contribution in [2.24, 2.45) is 0 Å². The Morgan fingerprint density at radius 2 is 0.808 bits per heavy atom. The van der Waals surface area contributed by atoms with E-state index in [2.05, 4.69) is 199 Å². The van der Waals surface area contributed by atoms with Gasteiger partial charge in [-0.3, -0.25) is 0 Å². The monoisotopic (exact) mass is 663 g/mol. The van der Waals surface area contributed by atoms with Crippen molar-refractivity contribution in [3.05, 3.63) is 200 Å². The van der Waals surface area contributed by atoms with Crippen LogP contribution in [0.2, 0.25) is 0 Å². The maximum atomic E-state index is 6.45. The van der Waals surface area contributed by atoms with E-state index in [1.54, 1.807) is 0 Å². The molecule has 244 valence electrons. The summed E-state index contributed by atoms with van der Waals surface area (Å²) in [4.78, 5) is 2.43. The zero-order valence-electron chi connectivity index (χ0n) is 28.4. The second-order valence-corrected chi connectivity index (χ2v) is 13.3. The van der Waals surface area contributed by atoms with Crippen LogP contribution in [0, 0.1) is 0 Å². The lowest BCUT2D eigenvalue weighted by molar-refractivity contribution is 0.669. The summed E-state index contributed by atoms with van der Waals surface area (Å²) in [6.45, 7) is 0. The molecule has 0 aliphatic rings. The molecule has 10 aromatic rings. The molecule has 52 heavy (non-hydrogen) atoms. The molecule has 0 saturated heterocycles. The van der Waals surface area contributed by atoms with Crippen molar-refractivity contribution in [2.75, 3.05) is 4.90 Å². The van der Waals surface area contributed by atoms with Crippen molar-refractivity contribution >= 4 is 60.5 Å². The summed E-state index contributed by atoms with van der Waals surface area (Å²) in [6, 6.07) is 71.8. The number of rotatable bonds is 6. The van der Waals surface area contributed by atoms with E-state index in [0.717, 1.165) is 55.7 Å². The maximum absolute atomic E-state index is 6.45. The molecule has 0 fully saturated rings. The quantitative estimate of drug-likeness (QED) is 0.176. The Kier molecular flexibility index (Phi) is 7.18. The van der Waals surface area contributed by atoms with Crippen LogP contribution in [-0.2, 0) is 0 Å². The van der Waals surface area contributed by atoms with Crippen LogP contribution >= 0.6 is 0 Å². The molecule has 0 amide bonds. The molecule has 0 atom stereocenters. The van der Waals surface area contributed by atoms with Gasteiger partial charge < -0.3 is 9.32 Å². The predicted molar refractivity (Wildman–Crippen MR) is 220 cm³/mol. The lowest BCUT2D eigenvalue weighted by atomic mass is 9.94. The molecule has 0 unspecified atom stereocenters. The third-order valence-electron chi connectivity index (χ3n) is 10.3. The van der Waals surface area contributed by atoms with Crippen molar-refractivity contribution < 1.29 is 4.42 Å². The fraction of sp³-hybridized carbons (Fsp3) is 0. The highest BCUT2D eigenvalue weighted by molar-refractivity contribution is 6.14. The average molecular weight is 664 g/mol. The predicted octanol–water partition coefficient (Wildman–Crippen LogP) is 14.4. The molecular formula is C50H33NO. The summed E-state index contributed by atoms with van der Waals surface area (Å²) in [7, 11) is 0. The summed E-state index contributed by atoms with van der Waals surface area (Å²) >= 11 is 0. The van der Waals surface area contributed by atoms with Crippen molar-refractivity contribution in [2.45, 2.75) is 0 Å². The molecule has 0 aliphatic heterocycles. The lowest BCUT2D eigenvalue weighted by Gasteiger charge is -2.30. The van der Waals surface area contributed by atoms with Crippen LogP contribution in [0.25, 0.3) is 76.9 Å². The smallest absolute Gasteiger partial charge is 0.137 e. The SMILES string of the molecule is c1ccc(N(c2ccccc2-c2ccc3ccccc3c2)c2cccc3oc4ccccc4c23)c(-c2ccc(-c3cccc4ccccc34)cc2)c1. The summed E-state index contributed by atoms with van der Waals surface area (Å²) < 4.78 is 6.45. The van der Waals surface area contributed by atoms with Gasteiger partial charge in [-0.05, 0) is 80.2 Å². The molecule has 0 saturated carbocycles. The summed E-state index contributed by atoms with van der Waals surface area (Å²) in [6.07, 6.45) is 0. The molecule has 9 aromatic carbocycles. The highest BCUT2D eigenvalue weighted by Gasteiger charge is 2.24. The normalized spacial score (nSPS) is 11.5. The highest BCUT2D eigenvalue weighted by atomic mass is 16.3. The largest absolute Gasteiger partial charge is 0.456 e.